The van der Waals surface area contributed by atoms with Gasteiger partial charge in [0.05, 0.1) is 0 Å². The van der Waals surface area contributed by atoms with Gasteiger partial charge in [0, 0.05) is 18.3 Å². The number of rotatable bonds is 3. The normalized spacial score (nSPS) is 21.8. The molecular formula is C15H24N2. The Morgan fingerprint density at radius 1 is 1.29 bits per heavy atom. The summed E-state index contributed by atoms with van der Waals surface area (Å²) in [6.45, 7) is 6.91. The van der Waals surface area contributed by atoms with Crippen LogP contribution in [-0.4, -0.2) is 31.1 Å². The van der Waals surface area contributed by atoms with Gasteiger partial charge in [-0.25, -0.2) is 0 Å². The fraction of sp³-hybridized carbons (Fsp3) is 0.600. The Bertz CT molecular complexity index is 360. The van der Waals surface area contributed by atoms with Crippen LogP contribution in [0.15, 0.2) is 24.3 Å². The maximum Gasteiger partial charge on any atom is 0.0388 e. The van der Waals surface area contributed by atoms with Crippen molar-refractivity contribution < 1.29 is 0 Å². The summed E-state index contributed by atoms with van der Waals surface area (Å²) in [5.41, 5.74) is 2.75. The van der Waals surface area contributed by atoms with Crippen molar-refractivity contribution in [2.45, 2.75) is 38.6 Å². The van der Waals surface area contributed by atoms with Gasteiger partial charge < -0.3 is 10.2 Å². The van der Waals surface area contributed by atoms with Gasteiger partial charge in [-0.3, -0.25) is 0 Å². The minimum atomic E-state index is 0.583. The van der Waals surface area contributed by atoms with Gasteiger partial charge in [-0.05, 0) is 44.0 Å². The highest BCUT2D eigenvalue weighted by Gasteiger charge is 2.17. The highest BCUT2D eigenvalue weighted by atomic mass is 15.1. The molecule has 0 aliphatic carbocycles. The van der Waals surface area contributed by atoms with Gasteiger partial charge in [-0.1, -0.05) is 32.0 Å². The molecule has 0 saturated carbocycles. The van der Waals surface area contributed by atoms with Gasteiger partial charge in [0.2, 0.25) is 0 Å². The largest absolute Gasteiger partial charge is 0.381 e. The van der Waals surface area contributed by atoms with Crippen molar-refractivity contribution in [1.29, 1.82) is 0 Å². The summed E-state index contributed by atoms with van der Waals surface area (Å²) in [6.07, 6.45) is 2.59. The van der Waals surface area contributed by atoms with Crippen LogP contribution in [0.2, 0.25) is 0 Å². The van der Waals surface area contributed by atoms with Crippen molar-refractivity contribution in [3.63, 3.8) is 0 Å². The second-order valence-electron chi connectivity index (χ2n) is 5.49. The molecule has 1 aromatic rings. The van der Waals surface area contributed by atoms with E-state index in [0.29, 0.717) is 12.0 Å². The molecule has 1 aromatic carbocycles. The van der Waals surface area contributed by atoms with Gasteiger partial charge in [-0.2, -0.15) is 0 Å². The SMILES string of the molecule is CC(C)c1ccccc1NC1CCCN(C)C1. The van der Waals surface area contributed by atoms with Gasteiger partial charge in [0.15, 0.2) is 0 Å². The van der Waals surface area contributed by atoms with E-state index in [0.717, 1.165) is 6.54 Å². The minimum absolute atomic E-state index is 0.583. The van der Waals surface area contributed by atoms with Gasteiger partial charge >= 0.3 is 0 Å². The molecule has 0 spiro atoms. The maximum absolute atomic E-state index is 3.72. The zero-order valence-corrected chi connectivity index (χ0v) is 11.2. The Kier molecular flexibility index (Phi) is 4.06. The van der Waals surface area contributed by atoms with E-state index < -0.39 is 0 Å². The molecular weight excluding hydrogens is 208 g/mol. The molecule has 1 saturated heterocycles. The van der Waals surface area contributed by atoms with Crippen LogP contribution >= 0.6 is 0 Å². The lowest BCUT2D eigenvalue weighted by atomic mass is 9.99. The molecule has 1 fully saturated rings. The summed E-state index contributed by atoms with van der Waals surface area (Å²) in [6, 6.07) is 9.31. The number of benzene rings is 1. The average Bonchev–Trinajstić information content (AvgIpc) is 2.29. The number of nitrogens with one attached hydrogen (secondary N) is 1. The lowest BCUT2D eigenvalue weighted by Gasteiger charge is -2.31. The number of para-hydroxylation sites is 1. The summed E-state index contributed by atoms with van der Waals surface area (Å²) in [5.74, 6) is 0.583. The number of nitrogens with zero attached hydrogens (tertiary/aromatic N) is 1. The topological polar surface area (TPSA) is 15.3 Å². The predicted octanol–water partition coefficient (Wildman–Crippen LogP) is 3.32. The molecule has 0 amide bonds. The Labute approximate surface area is 105 Å². The number of likely N-dealkylation sites (N-methyl/N-ethyl adjacent to an activating group) is 1. The van der Waals surface area contributed by atoms with E-state index in [-0.39, 0.29) is 0 Å². The first-order chi connectivity index (χ1) is 8.16. The van der Waals surface area contributed by atoms with Crippen LogP contribution in [0.5, 0.6) is 0 Å². The van der Waals surface area contributed by atoms with Crippen molar-refractivity contribution in [3.05, 3.63) is 29.8 Å². The van der Waals surface area contributed by atoms with Crippen LogP contribution < -0.4 is 5.32 Å². The van der Waals surface area contributed by atoms with Crippen LogP contribution in [0.3, 0.4) is 0 Å². The quantitative estimate of drug-likeness (QED) is 0.860. The molecule has 1 aliphatic rings. The molecule has 1 atom stereocenters. The summed E-state index contributed by atoms with van der Waals surface area (Å²) >= 11 is 0. The fourth-order valence-corrected chi connectivity index (χ4v) is 2.64. The third-order valence-corrected chi connectivity index (χ3v) is 3.57. The van der Waals surface area contributed by atoms with E-state index in [2.05, 4.69) is 55.4 Å². The first kappa shape index (κ1) is 12.4. The summed E-state index contributed by atoms with van der Waals surface area (Å²) in [7, 11) is 2.21. The summed E-state index contributed by atoms with van der Waals surface area (Å²) in [4.78, 5) is 2.42. The molecule has 0 aromatic heterocycles. The number of anilines is 1. The summed E-state index contributed by atoms with van der Waals surface area (Å²) < 4.78 is 0. The highest BCUT2D eigenvalue weighted by Crippen LogP contribution is 2.25. The second-order valence-corrected chi connectivity index (χ2v) is 5.49. The Morgan fingerprint density at radius 2 is 2.06 bits per heavy atom. The molecule has 94 valence electrons. The van der Waals surface area contributed by atoms with Crippen LogP contribution in [0, 0.1) is 0 Å². The Morgan fingerprint density at radius 3 is 2.76 bits per heavy atom. The molecule has 17 heavy (non-hydrogen) atoms. The monoisotopic (exact) mass is 232 g/mol. The molecule has 0 radical (unpaired) electrons. The number of hydrogen-bond acceptors (Lipinski definition) is 2. The van der Waals surface area contributed by atoms with Crippen molar-refractivity contribution in [3.8, 4) is 0 Å². The molecule has 1 unspecified atom stereocenters. The Balaban J connectivity index is 2.07. The molecule has 1 N–H and O–H groups in total. The van der Waals surface area contributed by atoms with E-state index in [1.807, 2.05) is 0 Å². The van der Waals surface area contributed by atoms with Gasteiger partial charge in [0.25, 0.3) is 0 Å². The zero-order valence-electron chi connectivity index (χ0n) is 11.2. The molecule has 0 bridgehead atoms. The smallest absolute Gasteiger partial charge is 0.0388 e. The van der Waals surface area contributed by atoms with E-state index >= 15 is 0 Å². The van der Waals surface area contributed by atoms with E-state index in [1.165, 1.54) is 30.6 Å². The maximum atomic E-state index is 3.72. The van der Waals surface area contributed by atoms with E-state index in [9.17, 15) is 0 Å². The van der Waals surface area contributed by atoms with Crippen molar-refractivity contribution in [2.24, 2.45) is 0 Å². The lowest BCUT2D eigenvalue weighted by Crippen LogP contribution is -2.39. The molecule has 1 heterocycles. The summed E-state index contributed by atoms with van der Waals surface area (Å²) in [5, 5.41) is 3.72. The third kappa shape index (κ3) is 3.22. The van der Waals surface area contributed by atoms with Crippen molar-refractivity contribution in [1.82, 2.24) is 4.90 Å². The van der Waals surface area contributed by atoms with Gasteiger partial charge in [-0.15, -0.1) is 0 Å². The van der Waals surface area contributed by atoms with Crippen LogP contribution in [0.4, 0.5) is 5.69 Å². The molecule has 1 aliphatic heterocycles. The molecule has 2 rings (SSSR count). The number of hydrogen-bond donors (Lipinski definition) is 1. The first-order valence-corrected chi connectivity index (χ1v) is 6.71. The van der Waals surface area contributed by atoms with Crippen LogP contribution in [0.1, 0.15) is 38.2 Å². The zero-order chi connectivity index (χ0) is 12.3. The predicted molar refractivity (Wildman–Crippen MR) is 74.7 cm³/mol. The van der Waals surface area contributed by atoms with Crippen LogP contribution in [0.25, 0.3) is 0 Å². The molecule has 2 heteroatoms. The highest BCUT2D eigenvalue weighted by molar-refractivity contribution is 5.53. The van der Waals surface area contributed by atoms with Crippen molar-refractivity contribution in [2.75, 3.05) is 25.5 Å². The first-order valence-electron chi connectivity index (χ1n) is 6.71. The number of likely N-dealkylation sites (tertiary alicyclic amines) is 1. The third-order valence-electron chi connectivity index (χ3n) is 3.57. The van der Waals surface area contributed by atoms with Crippen LogP contribution in [-0.2, 0) is 0 Å². The minimum Gasteiger partial charge on any atom is -0.381 e. The lowest BCUT2D eigenvalue weighted by molar-refractivity contribution is 0.261. The average molecular weight is 232 g/mol. The second kappa shape index (κ2) is 5.54. The fourth-order valence-electron chi connectivity index (χ4n) is 2.64. The Hall–Kier alpha value is -1.02. The molecule has 2 nitrogen and oxygen atoms in total. The van der Waals surface area contributed by atoms with E-state index in [4.69, 9.17) is 0 Å². The van der Waals surface area contributed by atoms with Crippen molar-refractivity contribution >= 4 is 5.69 Å². The standard InChI is InChI=1S/C15H24N2/c1-12(2)14-8-4-5-9-15(14)16-13-7-6-10-17(3)11-13/h4-5,8-9,12-13,16H,6-7,10-11H2,1-3H3. The number of piperidine rings is 1. The van der Waals surface area contributed by atoms with Gasteiger partial charge in [0.1, 0.15) is 0 Å². The van der Waals surface area contributed by atoms with E-state index in [1.54, 1.807) is 0 Å².